The predicted molar refractivity (Wildman–Crippen MR) is 64.5 cm³/mol. The molecule has 0 radical (unpaired) electrons. The van der Waals surface area contributed by atoms with Crippen LogP contribution in [-0.2, 0) is 0 Å². The van der Waals surface area contributed by atoms with Crippen LogP contribution < -0.4 is 10.5 Å². The van der Waals surface area contributed by atoms with Gasteiger partial charge in [0.05, 0.1) is 13.3 Å². The molecule has 1 unspecified atom stereocenters. The molecule has 0 aliphatic rings. The molecule has 0 amide bonds. The molecule has 0 aliphatic heterocycles. The van der Waals surface area contributed by atoms with Crippen molar-refractivity contribution in [3.05, 3.63) is 30.0 Å². The first-order valence-corrected chi connectivity index (χ1v) is 5.25. The highest BCUT2D eigenvalue weighted by molar-refractivity contribution is 5.79. The molecule has 2 aromatic rings. The lowest BCUT2D eigenvalue weighted by molar-refractivity contribution is 0.347. The van der Waals surface area contributed by atoms with E-state index in [0.717, 1.165) is 5.56 Å². The van der Waals surface area contributed by atoms with E-state index >= 15 is 0 Å². The topological polar surface area (TPSA) is 63.9 Å². The van der Waals surface area contributed by atoms with E-state index in [1.807, 2.05) is 6.07 Å². The number of hydrogen-bond donors (Lipinski definition) is 2. The van der Waals surface area contributed by atoms with Crippen LogP contribution in [0.15, 0.2) is 24.4 Å². The molecule has 0 aliphatic carbocycles. The van der Waals surface area contributed by atoms with Gasteiger partial charge in [-0.2, -0.15) is 5.10 Å². The molecule has 2 rings (SSSR count). The number of nitrogen functional groups attached to an aromatic ring is 1. The number of anilines is 1. The van der Waals surface area contributed by atoms with E-state index in [9.17, 15) is 4.39 Å². The molecule has 0 bridgehead atoms. The van der Waals surface area contributed by atoms with Gasteiger partial charge < -0.3 is 10.5 Å². The van der Waals surface area contributed by atoms with Crippen LogP contribution >= 0.6 is 0 Å². The average Bonchev–Trinajstić information content (AvgIpc) is 2.74. The van der Waals surface area contributed by atoms with Crippen molar-refractivity contribution in [2.45, 2.75) is 13.1 Å². The summed E-state index contributed by atoms with van der Waals surface area (Å²) in [6.07, 6.45) is 0.498. The lowest BCUT2D eigenvalue weighted by Crippen LogP contribution is -1.97. The van der Waals surface area contributed by atoms with E-state index < -0.39 is 6.17 Å². The van der Waals surface area contributed by atoms with Gasteiger partial charge in [-0.3, -0.25) is 5.10 Å². The Balaban J connectivity index is 2.62. The van der Waals surface area contributed by atoms with Gasteiger partial charge in [0.1, 0.15) is 17.7 Å². The summed E-state index contributed by atoms with van der Waals surface area (Å²) >= 11 is 0. The third kappa shape index (κ3) is 1.95. The second kappa shape index (κ2) is 4.45. The third-order valence-corrected chi connectivity index (χ3v) is 2.64. The predicted octanol–water partition coefficient (Wildman–Crippen LogP) is 2.70. The maximum absolute atomic E-state index is 13.5. The fourth-order valence-electron chi connectivity index (χ4n) is 1.82. The van der Waals surface area contributed by atoms with Gasteiger partial charge in [0, 0.05) is 16.7 Å². The van der Waals surface area contributed by atoms with Gasteiger partial charge in [-0.05, 0) is 6.92 Å². The number of para-hydroxylation sites is 1. The van der Waals surface area contributed by atoms with E-state index in [-0.39, 0.29) is 0 Å². The molecule has 0 saturated carbocycles. The van der Waals surface area contributed by atoms with Crippen molar-refractivity contribution in [3.8, 4) is 16.9 Å². The van der Waals surface area contributed by atoms with Crippen LogP contribution in [0.4, 0.5) is 10.2 Å². The fourth-order valence-corrected chi connectivity index (χ4v) is 1.82. The molecule has 1 aromatic heterocycles. The Morgan fingerprint density at radius 2 is 2.18 bits per heavy atom. The van der Waals surface area contributed by atoms with Crippen LogP contribution in [0.5, 0.6) is 5.75 Å². The van der Waals surface area contributed by atoms with E-state index in [4.69, 9.17) is 10.5 Å². The van der Waals surface area contributed by atoms with Crippen LogP contribution in [0.2, 0.25) is 0 Å². The molecule has 5 heteroatoms. The number of halogens is 1. The molecule has 1 atom stereocenters. The van der Waals surface area contributed by atoms with Crippen LogP contribution in [0.1, 0.15) is 18.7 Å². The van der Waals surface area contributed by atoms with Crippen LogP contribution in [0.3, 0.4) is 0 Å². The maximum atomic E-state index is 13.5. The van der Waals surface area contributed by atoms with Crippen LogP contribution in [-0.4, -0.2) is 17.3 Å². The Hall–Kier alpha value is -2.04. The minimum atomic E-state index is -1.10. The highest BCUT2D eigenvalue weighted by Gasteiger charge is 2.17. The lowest BCUT2D eigenvalue weighted by Gasteiger charge is -2.13. The average molecular weight is 235 g/mol. The first-order chi connectivity index (χ1) is 8.15. The minimum Gasteiger partial charge on any atom is -0.496 e. The summed E-state index contributed by atoms with van der Waals surface area (Å²) in [6.45, 7) is 1.47. The quantitative estimate of drug-likeness (QED) is 0.859. The summed E-state index contributed by atoms with van der Waals surface area (Å²) in [5.41, 5.74) is 7.71. The van der Waals surface area contributed by atoms with Crippen LogP contribution in [0, 0.1) is 0 Å². The Morgan fingerprint density at radius 3 is 2.71 bits per heavy atom. The van der Waals surface area contributed by atoms with Gasteiger partial charge in [-0.1, -0.05) is 18.2 Å². The minimum absolute atomic E-state index is 0.437. The highest BCUT2D eigenvalue weighted by Crippen LogP contribution is 2.38. The molecule has 4 nitrogen and oxygen atoms in total. The van der Waals surface area contributed by atoms with Gasteiger partial charge in [-0.15, -0.1) is 0 Å². The third-order valence-electron chi connectivity index (χ3n) is 2.64. The monoisotopic (exact) mass is 235 g/mol. The SMILES string of the molecule is COc1c(-c2cn[nH]c2N)cccc1C(C)F. The normalized spacial score (nSPS) is 12.4. The van der Waals surface area contributed by atoms with E-state index in [1.165, 1.54) is 14.0 Å². The first kappa shape index (κ1) is 11.4. The summed E-state index contributed by atoms with van der Waals surface area (Å²) in [5, 5.41) is 6.49. The first-order valence-electron chi connectivity index (χ1n) is 5.25. The van der Waals surface area contributed by atoms with Gasteiger partial charge >= 0.3 is 0 Å². The summed E-state index contributed by atoms with van der Waals surface area (Å²) in [7, 11) is 1.51. The number of hydrogen-bond acceptors (Lipinski definition) is 3. The summed E-state index contributed by atoms with van der Waals surface area (Å²) < 4.78 is 18.7. The van der Waals surface area contributed by atoms with Gasteiger partial charge in [0.15, 0.2) is 0 Å². The van der Waals surface area contributed by atoms with Gasteiger partial charge in [0.2, 0.25) is 0 Å². The molecular formula is C12H14FN3O. The number of nitrogens with two attached hydrogens (primary N) is 1. The van der Waals surface area contributed by atoms with Crippen molar-refractivity contribution in [1.82, 2.24) is 10.2 Å². The van der Waals surface area contributed by atoms with Crippen LogP contribution in [0.25, 0.3) is 11.1 Å². The number of ether oxygens (including phenoxy) is 1. The molecule has 1 aromatic carbocycles. The zero-order chi connectivity index (χ0) is 12.4. The van der Waals surface area contributed by atoms with E-state index in [1.54, 1.807) is 18.3 Å². The highest BCUT2D eigenvalue weighted by atomic mass is 19.1. The molecule has 3 N–H and O–H groups in total. The number of alkyl halides is 1. The van der Waals surface area contributed by atoms with Gasteiger partial charge in [-0.25, -0.2) is 4.39 Å². The maximum Gasteiger partial charge on any atom is 0.132 e. The second-order valence-corrected chi connectivity index (χ2v) is 3.74. The van der Waals surface area contributed by atoms with E-state index in [2.05, 4.69) is 10.2 Å². The number of benzene rings is 1. The largest absolute Gasteiger partial charge is 0.496 e. The molecular weight excluding hydrogens is 221 g/mol. The Kier molecular flexibility index (Phi) is 2.99. The Labute approximate surface area is 98.6 Å². The summed E-state index contributed by atoms with van der Waals surface area (Å²) in [6, 6.07) is 5.30. The zero-order valence-electron chi connectivity index (χ0n) is 9.70. The number of H-pyrrole nitrogens is 1. The van der Waals surface area contributed by atoms with Crippen molar-refractivity contribution < 1.29 is 9.13 Å². The standard InChI is InChI=1S/C12H14FN3O/c1-7(13)8-4-3-5-9(11(8)17-2)10-6-15-16-12(10)14/h3-7H,1-2H3,(H3,14,15,16). The van der Waals surface area contributed by atoms with Crippen molar-refractivity contribution in [2.24, 2.45) is 0 Å². The number of aromatic nitrogens is 2. The zero-order valence-corrected chi connectivity index (χ0v) is 9.70. The Bertz CT molecular complexity index is 522. The second-order valence-electron chi connectivity index (χ2n) is 3.74. The number of aromatic amines is 1. The van der Waals surface area contributed by atoms with E-state index in [0.29, 0.717) is 22.7 Å². The van der Waals surface area contributed by atoms with Crippen molar-refractivity contribution >= 4 is 5.82 Å². The summed E-state index contributed by atoms with van der Waals surface area (Å²) in [5.74, 6) is 0.933. The molecule has 0 spiro atoms. The Morgan fingerprint density at radius 1 is 1.41 bits per heavy atom. The molecule has 0 fully saturated rings. The fraction of sp³-hybridized carbons (Fsp3) is 0.250. The number of methoxy groups -OCH3 is 1. The molecule has 1 heterocycles. The van der Waals surface area contributed by atoms with Crippen molar-refractivity contribution in [3.63, 3.8) is 0 Å². The molecule has 17 heavy (non-hydrogen) atoms. The smallest absolute Gasteiger partial charge is 0.132 e. The number of nitrogens with zero attached hydrogens (tertiary/aromatic N) is 1. The number of nitrogens with one attached hydrogen (secondary N) is 1. The van der Waals surface area contributed by atoms with Gasteiger partial charge in [0.25, 0.3) is 0 Å². The van der Waals surface area contributed by atoms with Crippen molar-refractivity contribution in [2.75, 3.05) is 12.8 Å². The summed E-state index contributed by atoms with van der Waals surface area (Å²) in [4.78, 5) is 0. The lowest BCUT2D eigenvalue weighted by atomic mass is 10.0. The number of rotatable bonds is 3. The van der Waals surface area contributed by atoms with Crippen molar-refractivity contribution in [1.29, 1.82) is 0 Å². The molecule has 0 saturated heterocycles. The molecule has 90 valence electrons.